The summed E-state index contributed by atoms with van der Waals surface area (Å²) >= 11 is 0. The summed E-state index contributed by atoms with van der Waals surface area (Å²) in [5, 5.41) is 8.39. The van der Waals surface area contributed by atoms with Crippen LogP contribution in [-0.4, -0.2) is 45.6 Å². The van der Waals surface area contributed by atoms with Gasteiger partial charge in [-0.15, -0.1) is 0 Å². The summed E-state index contributed by atoms with van der Waals surface area (Å²) in [5.41, 5.74) is 3.64. The standard InChI is InChI=1S/C24H31N5O2/c1-14(2)19-13-18(20-15(3)27-29(21(20)26-19)24(4,5)6)22(30)25-17-11-9-10-16(12-17)23(31)28(7)8/h9-14H,1-8H3,(H,25,30). The first-order chi connectivity index (χ1) is 14.4. The van der Waals surface area contributed by atoms with Crippen LogP contribution in [0.5, 0.6) is 0 Å². The quantitative estimate of drug-likeness (QED) is 0.669. The predicted octanol–water partition coefficient (Wildman–Crippen LogP) is 4.57. The third kappa shape index (κ3) is 4.45. The number of rotatable bonds is 4. The van der Waals surface area contributed by atoms with Gasteiger partial charge in [-0.05, 0) is 57.9 Å². The number of nitrogens with zero attached hydrogens (tertiary/aromatic N) is 4. The van der Waals surface area contributed by atoms with Crippen LogP contribution in [0.1, 0.15) is 72.6 Å². The fraction of sp³-hybridized carbons (Fsp3) is 0.417. The molecule has 2 amide bonds. The van der Waals surface area contributed by atoms with Gasteiger partial charge >= 0.3 is 0 Å². The van der Waals surface area contributed by atoms with E-state index in [1.807, 2.05) is 17.7 Å². The number of fused-ring (bicyclic) bond motifs is 1. The van der Waals surface area contributed by atoms with Crippen molar-refractivity contribution in [3.63, 3.8) is 0 Å². The molecule has 0 atom stereocenters. The molecule has 0 bridgehead atoms. The topological polar surface area (TPSA) is 80.1 Å². The van der Waals surface area contributed by atoms with Gasteiger partial charge in [-0.25, -0.2) is 9.67 Å². The van der Waals surface area contributed by atoms with Crippen molar-refractivity contribution in [1.29, 1.82) is 0 Å². The first kappa shape index (κ1) is 22.5. The summed E-state index contributed by atoms with van der Waals surface area (Å²) in [4.78, 5) is 32.0. The van der Waals surface area contributed by atoms with Crippen molar-refractivity contribution < 1.29 is 9.59 Å². The Hall–Kier alpha value is -3.22. The van der Waals surface area contributed by atoms with E-state index >= 15 is 0 Å². The third-order valence-electron chi connectivity index (χ3n) is 5.08. The van der Waals surface area contributed by atoms with Gasteiger partial charge in [0.05, 0.1) is 22.2 Å². The summed E-state index contributed by atoms with van der Waals surface area (Å²) in [6.07, 6.45) is 0. The van der Waals surface area contributed by atoms with Crippen LogP contribution in [0.3, 0.4) is 0 Å². The van der Waals surface area contributed by atoms with E-state index in [1.165, 1.54) is 4.90 Å². The van der Waals surface area contributed by atoms with Crippen molar-refractivity contribution in [2.24, 2.45) is 0 Å². The van der Waals surface area contributed by atoms with E-state index < -0.39 is 0 Å². The number of nitrogens with one attached hydrogen (secondary N) is 1. The van der Waals surface area contributed by atoms with Crippen LogP contribution in [0.15, 0.2) is 30.3 Å². The molecule has 7 heteroatoms. The molecule has 1 aromatic carbocycles. The molecule has 3 aromatic rings. The number of pyridine rings is 1. The zero-order valence-electron chi connectivity index (χ0n) is 19.6. The number of benzene rings is 1. The Labute approximate surface area is 183 Å². The fourth-order valence-electron chi connectivity index (χ4n) is 3.44. The van der Waals surface area contributed by atoms with Gasteiger partial charge in [0.2, 0.25) is 0 Å². The molecule has 164 valence electrons. The highest BCUT2D eigenvalue weighted by Crippen LogP contribution is 2.29. The molecule has 0 aliphatic carbocycles. The van der Waals surface area contributed by atoms with Crippen molar-refractivity contribution in [2.75, 3.05) is 19.4 Å². The average molecular weight is 422 g/mol. The van der Waals surface area contributed by atoms with Crippen LogP contribution < -0.4 is 5.32 Å². The number of aryl methyl sites for hydroxylation is 1. The average Bonchev–Trinajstić information content (AvgIpc) is 3.03. The third-order valence-corrected chi connectivity index (χ3v) is 5.08. The number of aromatic nitrogens is 3. The maximum absolute atomic E-state index is 13.4. The minimum Gasteiger partial charge on any atom is -0.345 e. The Kier molecular flexibility index (Phi) is 5.89. The van der Waals surface area contributed by atoms with E-state index in [-0.39, 0.29) is 23.3 Å². The maximum atomic E-state index is 13.4. The largest absolute Gasteiger partial charge is 0.345 e. The highest BCUT2D eigenvalue weighted by Gasteiger charge is 2.25. The van der Waals surface area contributed by atoms with Crippen molar-refractivity contribution >= 4 is 28.5 Å². The van der Waals surface area contributed by atoms with Crippen LogP contribution in [0.25, 0.3) is 11.0 Å². The molecule has 2 aromatic heterocycles. The lowest BCUT2D eigenvalue weighted by atomic mass is 10.0. The summed E-state index contributed by atoms with van der Waals surface area (Å²) in [7, 11) is 3.40. The van der Waals surface area contributed by atoms with Crippen LogP contribution in [0, 0.1) is 6.92 Å². The van der Waals surface area contributed by atoms with E-state index in [0.717, 1.165) is 16.8 Å². The minimum atomic E-state index is -0.274. The number of amides is 2. The van der Waals surface area contributed by atoms with Gasteiger partial charge in [0.25, 0.3) is 11.8 Å². The molecule has 31 heavy (non-hydrogen) atoms. The van der Waals surface area contributed by atoms with E-state index in [4.69, 9.17) is 10.1 Å². The van der Waals surface area contributed by atoms with E-state index in [2.05, 4.69) is 39.9 Å². The van der Waals surface area contributed by atoms with Gasteiger partial charge < -0.3 is 10.2 Å². The number of hydrogen-bond acceptors (Lipinski definition) is 4. The van der Waals surface area contributed by atoms with Gasteiger partial charge in [0.15, 0.2) is 5.65 Å². The summed E-state index contributed by atoms with van der Waals surface area (Å²) in [5.74, 6) is -0.215. The lowest BCUT2D eigenvalue weighted by molar-refractivity contribution is 0.0827. The molecular formula is C24H31N5O2. The molecule has 0 fully saturated rings. The molecule has 3 rings (SSSR count). The van der Waals surface area contributed by atoms with Gasteiger partial charge in [-0.3, -0.25) is 9.59 Å². The second-order valence-corrected chi connectivity index (χ2v) is 9.35. The molecule has 1 N–H and O–H groups in total. The number of carbonyl (C=O) groups is 2. The van der Waals surface area contributed by atoms with Crippen LogP contribution >= 0.6 is 0 Å². The number of anilines is 1. The van der Waals surface area contributed by atoms with Crippen molar-refractivity contribution in [1.82, 2.24) is 19.7 Å². The maximum Gasteiger partial charge on any atom is 0.256 e. The minimum absolute atomic E-state index is 0.119. The van der Waals surface area contributed by atoms with E-state index in [0.29, 0.717) is 22.5 Å². The second-order valence-electron chi connectivity index (χ2n) is 9.35. The Morgan fingerprint density at radius 3 is 2.39 bits per heavy atom. The molecule has 0 unspecified atom stereocenters. The van der Waals surface area contributed by atoms with Gasteiger partial charge in [0.1, 0.15) is 0 Å². The molecule has 0 saturated carbocycles. The predicted molar refractivity (Wildman–Crippen MR) is 124 cm³/mol. The SMILES string of the molecule is Cc1nn(C(C)(C)C)c2nc(C(C)C)cc(C(=O)Nc3cccc(C(=O)N(C)C)c3)c12. The first-order valence-electron chi connectivity index (χ1n) is 10.4. The van der Waals surface area contributed by atoms with Crippen LogP contribution in [0.2, 0.25) is 0 Å². The van der Waals surface area contributed by atoms with Crippen molar-refractivity contribution in [2.45, 2.75) is 53.0 Å². The Morgan fingerprint density at radius 1 is 1.13 bits per heavy atom. The molecular weight excluding hydrogens is 390 g/mol. The van der Waals surface area contributed by atoms with Crippen molar-refractivity contribution in [3.05, 3.63) is 52.8 Å². The van der Waals surface area contributed by atoms with Gasteiger partial charge in [-0.1, -0.05) is 19.9 Å². The van der Waals surface area contributed by atoms with Crippen LogP contribution in [-0.2, 0) is 5.54 Å². The first-order valence-corrected chi connectivity index (χ1v) is 10.4. The molecule has 0 aliphatic rings. The number of carbonyl (C=O) groups excluding carboxylic acids is 2. The summed E-state index contributed by atoms with van der Waals surface area (Å²) in [6, 6.07) is 8.80. The molecule has 0 aliphatic heterocycles. The Bertz CT molecular complexity index is 1150. The van der Waals surface area contributed by atoms with E-state index in [9.17, 15) is 9.59 Å². The highest BCUT2D eigenvalue weighted by atomic mass is 16.2. The van der Waals surface area contributed by atoms with Crippen molar-refractivity contribution in [3.8, 4) is 0 Å². The summed E-state index contributed by atoms with van der Waals surface area (Å²) < 4.78 is 1.89. The lowest BCUT2D eigenvalue weighted by Crippen LogP contribution is -2.24. The normalized spacial score (nSPS) is 11.8. The van der Waals surface area contributed by atoms with Gasteiger partial charge in [-0.2, -0.15) is 5.10 Å². The molecule has 0 radical (unpaired) electrons. The fourth-order valence-corrected chi connectivity index (χ4v) is 3.44. The Balaban J connectivity index is 2.10. The van der Waals surface area contributed by atoms with Crippen LogP contribution in [0.4, 0.5) is 5.69 Å². The second kappa shape index (κ2) is 8.13. The smallest absolute Gasteiger partial charge is 0.256 e. The highest BCUT2D eigenvalue weighted by molar-refractivity contribution is 6.13. The molecule has 2 heterocycles. The zero-order valence-corrected chi connectivity index (χ0v) is 19.6. The zero-order chi connectivity index (χ0) is 23.1. The number of hydrogen-bond donors (Lipinski definition) is 1. The summed E-state index contributed by atoms with van der Waals surface area (Å²) in [6.45, 7) is 12.2. The van der Waals surface area contributed by atoms with Gasteiger partial charge in [0, 0.05) is 31.0 Å². The molecule has 0 spiro atoms. The Morgan fingerprint density at radius 2 is 1.81 bits per heavy atom. The molecule has 7 nitrogen and oxygen atoms in total. The van der Waals surface area contributed by atoms with E-state index in [1.54, 1.807) is 38.4 Å². The molecule has 0 saturated heterocycles. The monoisotopic (exact) mass is 421 g/mol. The lowest BCUT2D eigenvalue weighted by Gasteiger charge is -2.20.